The van der Waals surface area contributed by atoms with Crippen molar-refractivity contribution in [3.05, 3.63) is 0 Å². The Morgan fingerprint density at radius 2 is 0.490 bits per heavy atom. The SMILES string of the molecule is CCCCCCCCCCCCCCCCCCCCCC(=O)OC[C@H](COP(=O)(O)OC[C@@H](O)COP(=O)(O)OC[C@@H](COC(=O)CCCCCCCCC(C)C)OC(=O)CCCCCCCCCCCCCC(C)C)OC(=O)CCCCCCCCCCCCCCCCCCCCC(C)CC. The first-order valence-corrected chi connectivity index (χ1v) is 46.9. The third-order valence-corrected chi connectivity index (χ3v) is 22.1. The summed E-state index contributed by atoms with van der Waals surface area (Å²) in [6.07, 6.45) is 65.5. The van der Waals surface area contributed by atoms with Crippen LogP contribution in [0, 0.1) is 17.8 Å². The molecule has 0 fully saturated rings. The van der Waals surface area contributed by atoms with E-state index in [1.165, 1.54) is 250 Å². The molecule has 0 saturated carbocycles. The summed E-state index contributed by atoms with van der Waals surface area (Å²) in [7, 11) is -9.92. The molecule has 0 bridgehead atoms. The predicted octanol–water partition coefficient (Wildman–Crippen LogP) is 25.7. The zero-order valence-electron chi connectivity index (χ0n) is 68.5. The van der Waals surface area contributed by atoms with Crippen molar-refractivity contribution in [2.45, 2.75) is 465 Å². The van der Waals surface area contributed by atoms with Crippen molar-refractivity contribution in [2.75, 3.05) is 39.6 Å². The van der Waals surface area contributed by atoms with Gasteiger partial charge in [-0.3, -0.25) is 37.3 Å². The van der Waals surface area contributed by atoms with Gasteiger partial charge in [0, 0.05) is 25.7 Å². The molecule has 0 radical (unpaired) electrons. The number of phosphoric ester groups is 2. The lowest BCUT2D eigenvalue weighted by molar-refractivity contribution is -0.161. The standard InChI is InChI=1S/C85H166O17P2/c1-8-10-11-12-13-14-15-16-17-18-19-23-26-29-34-39-44-52-59-66-82(87)95-72-80(101-84(89)68-61-54-45-40-35-30-27-24-21-20-22-25-28-33-38-43-51-58-65-78(7)9-2)74-99-103(91,92)97-70-79(86)71-98-104(93,94)100-75-81(73-96-83(88)67-60-53-48-47-50-57-64-77(5)6)102-85(90)69-62-55-46-41-36-31-32-37-42-49-56-63-76(3)4/h76-81,86H,8-75H2,1-7H3,(H,91,92)(H,93,94)/t78?,79-,80-,81-/m1/s1. The van der Waals surface area contributed by atoms with Crippen molar-refractivity contribution < 1.29 is 80.2 Å². The Kier molecular flexibility index (Phi) is 73.7. The molecule has 0 aromatic carbocycles. The van der Waals surface area contributed by atoms with Crippen molar-refractivity contribution in [1.29, 1.82) is 0 Å². The van der Waals surface area contributed by atoms with Gasteiger partial charge < -0.3 is 33.8 Å². The lowest BCUT2D eigenvalue weighted by Crippen LogP contribution is -2.30. The highest BCUT2D eigenvalue weighted by Crippen LogP contribution is 2.45. The van der Waals surface area contributed by atoms with Crippen LogP contribution in [-0.2, 0) is 65.4 Å². The molecule has 3 unspecified atom stereocenters. The van der Waals surface area contributed by atoms with Crippen molar-refractivity contribution in [1.82, 2.24) is 0 Å². The van der Waals surface area contributed by atoms with Crippen molar-refractivity contribution in [2.24, 2.45) is 17.8 Å². The Balaban J connectivity index is 5.20. The van der Waals surface area contributed by atoms with Crippen LogP contribution in [0.3, 0.4) is 0 Å². The minimum absolute atomic E-state index is 0.105. The lowest BCUT2D eigenvalue weighted by Gasteiger charge is -2.21. The highest BCUT2D eigenvalue weighted by atomic mass is 31.2. The van der Waals surface area contributed by atoms with E-state index in [0.29, 0.717) is 31.6 Å². The summed E-state index contributed by atoms with van der Waals surface area (Å²) in [5.74, 6) is 0.206. The Bertz CT molecular complexity index is 2010. The summed E-state index contributed by atoms with van der Waals surface area (Å²) in [6, 6.07) is 0. The van der Waals surface area contributed by atoms with Crippen LogP contribution in [0.1, 0.15) is 447 Å². The average Bonchev–Trinajstić information content (AvgIpc) is 0.907. The molecule has 6 atom stereocenters. The number of phosphoric acid groups is 2. The van der Waals surface area contributed by atoms with Crippen LogP contribution in [0.5, 0.6) is 0 Å². The summed E-state index contributed by atoms with van der Waals surface area (Å²) >= 11 is 0. The Labute approximate surface area is 638 Å². The molecule has 0 spiro atoms. The molecule has 0 aliphatic carbocycles. The van der Waals surface area contributed by atoms with Gasteiger partial charge >= 0.3 is 39.5 Å². The maximum absolute atomic E-state index is 13.1. The first-order chi connectivity index (χ1) is 50.3. The Morgan fingerprint density at radius 1 is 0.279 bits per heavy atom. The van der Waals surface area contributed by atoms with E-state index in [4.69, 9.17) is 37.0 Å². The van der Waals surface area contributed by atoms with E-state index in [2.05, 4.69) is 48.5 Å². The number of ether oxygens (including phenoxy) is 4. The number of rotatable bonds is 83. The number of carbonyl (C=O) groups excluding carboxylic acids is 4. The first kappa shape index (κ1) is 102. The second-order valence-corrected chi connectivity index (χ2v) is 34.7. The van der Waals surface area contributed by atoms with E-state index >= 15 is 0 Å². The monoisotopic (exact) mass is 1520 g/mol. The van der Waals surface area contributed by atoms with E-state index < -0.39 is 97.5 Å². The molecule has 3 N–H and O–H groups in total. The maximum Gasteiger partial charge on any atom is 0.472 e. The zero-order chi connectivity index (χ0) is 76.5. The molecular formula is C85H166O17P2. The van der Waals surface area contributed by atoms with Gasteiger partial charge in [0.2, 0.25) is 0 Å². The number of carbonyl (C=O) groups is 4. The van der Waals surface area contributed by atoms with E-state index in [1.54, 1.807) is 0 Å². The van der Waals surface area contributed by atoms with Gasteiger partial charge in [0.05, 0.1) is 26.4 Å². The van der Waals surface area contributed by atoms with E-state index in [1.807, 2.05) is 0 Å². The van der Waals surface area contributed by atoms with Gasteiger partial charge in [0.25, 0.3) is 0 Å². The molecule has 0 aromatic rings. The largest absolute Gasteiger partial charge is 0.472 e. The van der Waals surface area contributed by atoms with Crippen LogP contribution in [-0.4, -0.2) is 96.7 Å². The van der Waals surface area contributed by atoms with E-state index in [0.717, 1.165) is 108 Å². The fourth-order valence-corrected chi connectivity index (χ4v) is 14.7. The molecule has 0 heterocycles. The van der Waals surface area contributed by atoms with Crippen LogP contribution in [0.25, 0.3) is 0 Å². The Hall–Kier alpha value is -1.94. The summed E-state index contributed by atoms with van der Waals surface area (Å²) in [6.45, 7) is 11.9. The summed E-state index contributed by atoms with van der Waals surface area (Å²) in [5.41, 5.74) is 0. The molecule has 618 valence electrons. The molecule has 0 aromatic heterocycles. The predicted molar refractivity (Wildman–Crippen MR) is 428 cm³/mol. The van der Waals surface area contributed by atoms with Crippen LogP contribution in [0.2, 0.25) is 0 Å². The molecular weight excluding hydrogens is 1350 g/mol. The van der Waals surface area contributed by atoms with Crippen LogP contribution < -0.4 is 0 Å². The average molecular weight is 1520 g/mol. The van der Waals surface area contributed by atoms with Crippen molar-refractivity contribution in [3.8, 4) is 0 Å². The van der Waals surface area contributed by atoms with Gasteiger partial charge in [-0.1, -0.05) is 395 Å². The topological polar surface area (TPSA) is 237 Å². The quantitative estimate of drug-likeness (QED) is 0.0222. The van der Waals surface area contributed by atoms with Crippen LogP contribution in [0.15, 0.2) is 0 Å². The van der Waals surface area contributed by atoms with Crippen molar-refractivity contribution >= 4 is 39.5 Å². The van der Waals surface area contributed by atoms with Gasteiger partial charge in [-0.25, -0.2) is 9.13 Å². The molecule has 104 heavy (non-hydrogen) atoms. The third-order valence-electron chi connectivity index (χ3n) is 20.2. The summed E-state index contributed by atoms with van der Waals surface area (Å²) in [5, 5.41) is 10.7. The minimum atomic E-state index is -4.97. The van der Waals surface area contributed by atoms with Crippen LogP contribution >= 0.6 is 15.6 Å². The number of hydrogen-bond donors (Lipinski definition) is 3. The second-order valence-electron chi connectivity index (χ2n) is 31.8. The van der Waals surface area contributed by atoms with Gasteiger partial charge in [-0.05, 0) is 43.4 Å². The zero-order valence-corrected chi connectivity index (χ0v) is 70.3. The molecule has 0 aliphatic heterocycles. The second kappa shape index (κ2) is 75.1. The van der Waals surface area contributed by atoms with Gasteiger partial charge in [0.15, 0.2) is 12.2 Å². The Morgan fingerprint density at radius 3 is 0.731 bits per heavy atom. The number of unbranched alkanes of at least 4 members (excludes halogenated alkanes) is 50. The first-order valence-electron chi connectivity index (χ1n) is 43.9. The smallest absolute Gasteiger partial charge is 0.462 e. The number of hydrogen-bond acceptors (Lipinski definition) is 15. The van der Waals surface area contributed by atoms with Gasteiger partial charge in [-0.15, -0.1) is 0 Å². The fraction of sp³-hybridized carbons (Fsp3) is 0.953. The maximum atomic E-state index is 13.1. The van der Waals surface area contributed by atoms with Gasteiger partial charge in [0.1, 0.15) is 19.3 Å². The third kappa shape index (κ3) is 76.8. The fourth-order valence-electron chi connectivity index (χ4n) is 13.2. The molecule has 0 saturated heterocycles. The summed E-state index contributed by atoms with van der Waals surface area (Å²) < 4.78 is 68.8. The normalized spacial score (nSPS) is 14.2. The number of esters is 4. The lowest BCUT2D eigenvalue weighted by atomic mass is 9.99. The molecule has 19 heteroatoms. The van der Waals surface area contributed by atoms with Crippen LogP contribution in [0.4, 0.5) is 0 Å². The number of aliphatic hydroxyl groups excluding tert-OH is 1. The highest BCUT2D eigenvalue weighted by molar-refractivity contribution is 7.47. The molecule has 0 rings (SSSR count). The van der Waals surface area contributed by atoms with Gasteiger partial charge in [-0.2, -0.15) is 0 Å². The van der Waals surface area contributed by atoms with E-state index in [-0.39, 0.29) is 25.7 Å². The molecule has 0 amide bonds. The highest BCUT2D eigenvalue weighted by Gasteiger charge is 2.30. The van der Waals surface area contributed by atoms with Crippen molar-refractivity contribution in [3.63, 3.8) is 0 Å². The minimum Gasteiger partial charge on any atom is -0.462 e. The summed E-state index contributed by atoms with van der Waals surface area (Å²) in [4.78, 5) is 73.1. The molecule has 17 nitrogen and oxygen atoms in total. The molecule has 0 aliphatic rings. The number of aliphatic hydroxyl groups is 1. The van der Waals surface area contributed by atoms with E-state index in [9.17, 15) is 43.2 Å².